The minimum Gasteiger partial charge on any atom is -0.394 e. The molecule has 3 N–H and O–H groups in total. The molecule has 0 bridgehead atoms. The molecule has 5 atom stereocenters. The molecule has 0 saturated heterocycles. The van der Waals surface area contributed by atoms with Crippen molar-refractivity contribution in [1.29, 1.82) is 0 Å². The number of hydrogen-bond acceptors (Lipinski definition) is 4. The molecule has 0 aromatic carbocycles. The molecule has 4 nitrogen and oxygen atoms in total. The largest absolute Gasteiger partial charge is 0.394 e. The molecule has 2 aliphatic rings. The first-order valence-corrected chi connectivity index (χ1v) is 9.19. The zero-order chi connectivity index (χ0) is 18.3. The molecule has 0 aromatic rings. The van der Waals surface area contributed by atoms with Crippen molar-refractivity contribution >= 4 is 5.78 Å². The number of carbonyl (C=O) groups excluding carboxylic acids is 1. The van der Waals surface area contributed by atoms with E-state index in [1.807, 2.05) is 0 Å². The van der Waals surface area contributed by atoms with E-state index in [9.17, 15) is 15.0 Å². The van der Waals surface area contributed by atoms with E-state index < -0.39 is 18.3 Å². The van der Waals surface area contributed by atoms with Crippen molar-refractivity contribution in [2.75, 3.05) is 6.61 Å². The van der Waals surface area contributed by atoms with Gasteiger partial charge in [-0.3, -0.25) is 4.79 Å². The van der Waals surface area contributed by atoms with Gasteiger partial charge in [-0.2, -0.15) is 0 Å². The van der Waals surface area contributed by atoms with Crippen molar-refractivity contribution in [3.8, 4) is 0 Å². The third-order valence-corrected chi connectivity index (χ3v) is 7.15. The average Bonchev–Trinajstić information content (AvgIpc) is 2.49. The fraction of sp³-hybridized carbons (Fsp3) is 0.850. The maximum absolute atomic E-state index is 12.4. The second kappa shape index (κ2) is 6.54. The molecular weight excluding hydrogens is 304 g/mol. The van der Waals surface area contributed by atoms with E-state index >= 15 is 0 Å². The van der Waals surface area contributed by atoms with E-state index in [-0.39, 0.29) is 16.7 Å². The zero-order valence-electron chi connectivity index (χ0n) is 15.6. The molecule has 1 unspecified atom stereocenters. The summed E-state index contributed by atoms with van der Waals surface area (Å²) >= 11 is 0. The highest BCUT2D eigenvalue weighted by molar-refractivity contribution is 5.85. The smallest absolute Gasteiger partial charge is 0.138 e. The Kier molecular flexibility index (Phi) is 5.35. The standard InChI is InChI=1S/C20H34O4/c1-13-6-7-15-18(2,3)16(22)9-10-19(15,4)14(13)8-11-20(5,24)17(23)12-21/h14-15,17,21,23-24H,1,6-12H2,2-5H3/t14-,15-,17-,19+,20?/m1/s1. The topological polar surface area (TPSA) is 77.8 Å². The van der Waals surface area contributed by atoms with Gasteiger partial charge in [-0.25, -0.2) is 0 Å². The van der Waals surface area contributed by atoms with Gasteiger partial charge in [0.05, 0.1) is 12.2 Å². The van der Waals surface area contributed by atoms with E-state index in [4.69, 9.17) is 5.11 Å². The number of rotatable bonds is 5. The number of fused-ring (bicyclic) bond motifs is 1. The van der Waals surface area contributed by atoms with Gasteiger partial charge in [-0.15, -0.1) is 0 Å². The van der Waals surface area contributed by atoms with Gasteiger partial charge in [0.25, 0.3) is 0 Å². The van der Waals surface area contributed by atoms with Crippen molar-refractivity contribution < 1.29 is 20.1 Å². The van der Waals surface area contributed by atoms with Crippen molar-refractivity contribution in [3.63, 3.8) is 0 Å². The van der Waals surface area contributed by atoms with Crippen LogP contribution in [0.2, 0.25) is 0 Å². The first-order valence-electron chi connectivity index (χ1n) is 9.19. The van der Waals surface area contributed by atoms with E-state index in [1.165, 1.54) is 5.57 Å². The Hall–Kier alpha value is -0.710. The molecule has 0 radical (unpaired) electrons. The molecule has 138 valence electrons. The van der Waals surface area contributed by atoms with E-state index in [1.54, 1.807) is 6.92 Å². The van der Waals surface area contributed by atoms with E-state index in [0.29, 0.717) is 24.5 Å². The molecule has 2 aliphatic carbocycles. The van der Waals surface area contributed by atoms with Gasteiger partial charge in [-0.1, -0.05) is 32.9 Å². The Morgan fingerprint density at radius 3 is 2.54 bits per heavy atom. The van der Waals surface area contributed by atoms with E-state index in [0.717, 1.165) is 25.7 Å². The van der Waals surface area contributed by atoms with Gasteiger partial charge in [0, 0.05) is 11.8 Å². The van der Waals surface area contributed by atoms with Gasteiger partial charge in [-0.05, 0) is 56.3 Å². The maximum Gasteiger partial charge on any atom is 0.138 e. The number of aliphatic hydroxyl groups excluding tert-OH is 2. The van der Waals surface area contributed by atoms with Crippen molar-refractivity contribution in [3.05, 3.63) is 12.2 Å². The van der Waals surface area contributed by atoms with Crippen LogP contribution >= 0.6 is 0 Å². The molecule has 0 amide bonds. The first-order chi connectivity index (χ1) is 11.0. The summed E-state index contributed by atoms with van der Waals surface area (Å²) in [5.41, 5.74) is -0.405. The second-order valence-corrected chi connectivity index (χ2v) is 9.05. The van der Waals surface area contributed by atoms with Gasteiger partial charge < -0.3 is 15.3 Å². The highest BCUT2D eigenvalue weighted by atomic mass is 16.4. The van der Waals surface area contributed by atoms with Crippen LogP contribution in [-0.2, 0) is 4.79 Å². The SMILES string of the molecule is C=C1CC[C@@H]2C(C)(C)C(=O)CC[C@@]2(C)[C@@H]1CCC(C)(O)[C@H](O)CO. The molecule has 0 heterocycles. The first kappa shape index (κ1) is 19.6. The van der Waals surface area contributed by atoms with E-state index in [2.05, 4.69) is 27.4 Å². The lowest BCUT2D eigenvalue weighted by molar-refractivity contribution is -0.146. The normalized spacial score (nSPS) is 36.8. The minimum absolute atomic E-state index is 0.00693. The summed E-state index contributed by atoms with van der Waals surface area (Å²) in [4.78, 5) is 12.4. The van der Waals surface area contributed by atoms with Gasteiger partial charge in [0.15, 0.2) is 0 Å². The van der Waals surface area contributed by atoms with Gasteiger partial charge in [0.1, 0.15) is 11.9 Å². The van der Waals surface area contributed by atoms with Crippen LogP contribution in [0.25, 0.3) is 0 Å². The molecule has 4 heteroatoms. The third kappa shape index (κ3) is 3.21. The fourth-order valence-corrected chi connectivity index (χ4v) is 5.31. The molecular formula is C20H34O4. The average molecular weight is 338 g/mol. The molecule has 0 spiro atoms. The number of aliphatic hydroxyl groups is 3. The lowest BCUT2D eigenvalue weighted by atomic mass is 9.46. The maximum atomic E-state index is 12.4. The van der Waals surface area contributed by atoms with Crippen molar-refractivity contribution in [1.82, 2.24) is 0 Å². The van der Waals surface area contributed by atoms with Crippen molar-refractivity contribution in [2.45, 2.75) is 77.9 Å². The van der Waals surface area contributed by atoms with Crippen LogP contribution in [-0.4, -0.2) is 39.4 Å². The summed E-state index contributed by atoms with van der Waals surface area (Å²) < 4.78 is 0. The number of allylic oxidation sites excluding steroid dienone is 1. The molecule has 0 aromatic heterocycles. The van der Waals surface area contributed by atoms with Crippen LogP contribution < -0.4 is 0 Å². The lowest BCUT2D eigenvalue weighted by Crippen LogP contribution is -2.53. The van der Waals surface area contributed by atoms with Crippen molar-refractivity contribution in [2.24, 2.45) is 22.7 Å². The number of carbonyl (C=O) groups is 1. The summed E-state index contributed by atoms with van der Waals surface area (Å²) in [7, 11) is 0. The van der Waals surface area contributed by atoms with Gasteiger partial charge >= 0.3 is 0 Å². The monoisotopic (exact) mass is 338 g/mol. The van der Waals surface area contributed by atoms with Crippen LogP contribution in [0.1, 0.15) is 66.2 Å². The summed E-state index contributed by atoms with van der Waals surface area (Å²) in [6, 6.07) is 0. The fourth-order valence-electron chi connectivity index (χ4n) is 5.31. The highest BCUT2D eigenvalue weighted by Crippen LogP contribution is 2.60. The highest BCUT2D eigenvalue weighted by Gasteiger charge is 2.56. The lowest BCUT2D eigenvalue weighted by Gasteiger charge is -2.57. The predicted octanol–water partition coefficient (Wildman–Crippen LogP) is 2.85. The Morgan fingerprint density at radius 1 is 1.33 bits per heavy atom. The minimum atomic E-state index is -1.31. The Bertz CT molecular complexity index is 508. The summed E-state index contributed by atoms with van der Waals surface area (Å²) in [5.74, 6) is 0.925. The summed E-state index contributed by atoms with van der Waals surface area (Å²) in [5, 5.41) is 29.4. The Balaban J connectivity index is 2.22. The van der Waals surface area contributed by atoms with Crippen LogP contribution in [0.5, 0.6) is 0 Å². The predicted molar refractivity (Wildman–Crippen MR) is 94.4 cm³/mol. The third-order valence-electron chi connectivity index (χ3n) is 7.15. The van der Waals surface area contributed by atoms with Crippen LogP contribution in [0, 0.1) is 22.7 Å². The second-order valence-electron chi connectivity index (χ2n) is 9.05. The summed E-state index contributed by atoms with van der Waals surface area (Å²) in [6.45, 7) is 11.8. The number of Topliss-reactive ketones (excluding diaryl/α,β-unsaturated/α-hetero) is 1. The molecule has 24 heavy (non-hydrogen) atoms. The molecule has 2 saturated carbocycles. The molecule has 0 aliphatic heterocycles. The van der Waals surface area contributed by atoms with Crippen LogP contribution in [0.15, 0.2) is 12.2 Å². The van der Waals surface area contributed by atoms with Crippen LogP contribution in [0.3, 0.4) is 0 Å². The summed E-state index contributed by atoms with van der Waals surface area (Å²) in [6.07, 6.45) is 3.40. The van der Waals surface area contributed by atoms with Crippen LogP contribution in [0.4, 0.5) is 0 Å². The molecule has 2 rings (SSSR count). The zero-order valence-corrected chi connectivity index (χ0v) is 15.6. The Morgan fingerprint density at radius 2 is 1.96 bits per heavy atom. The molecule has 2 fully saturated rings. The Labute approximate surface area is 146 Å². The van der Waals surface area contributed by atoms with Gasteiger partial charge in [0.2, 0.25) is 0 Å². The number of ketones is 1. The number of hydrogen-bond donors (Lipinski definition) is 3. The quantitative estimate of drug-likeness (QED) is 0.674.